The topological polar surface area (TPSA) is 17.1 Å². The molecule has 0 spiro atoms. The SMILES string of the molecule is C=C(C)CCC(=O)c1cc2cc(F)ccc2s1. The van der Waals surface area contributed by atoms with E-state index in [-0.39, 0.29) is 11.6 Å². The van der Waals surface area contributed by atoms with Gasteiger partial charge in [-0.05, 0) is 43.0 Å². The summed E-state index contributed by atoms with van der Waals surface area (Å²) in [6.07, 6.45) is 1.19. The number of benzene rings is 1. The van der Waals surface area contributed by atoms with Crippen molar-refractivity contribution in [1.29, 1.82) is 0 Å². The molecule has 0 amide bonds. The second-order valence-corrected chi connectivity index (χ2v) is 5.26. The minimum atomic E-state index is -0.267. The van der Waals surface area contributed by atoms with Crippen molar-refractivity contribution in [2.24, 2.45) is 0 Å². The molecule has 3 heteroatoms. The predicted molar refractivity (Wildman–Crippen MR) is 70.2 cm³/mol. The summed E-state index contributed by atoms with van der Waals surface area (Å²) in [4.78, 5) is 12.6. The quantitative estimate of drug-likeness (QED) is 0.571. The third kappa shape index (κ3) is 2.80. The van der Waals surface area contributed by atoms with Gasteiger partial charge in [0.15, 0.2) is 5.78 Å². The van der Waals surface area contributed by atoms with Crippen molar-refractivity contribution < 1.29 is 9.18 Å². The molecular formula is C14H13FOS. The van der Waals surface area contributed by atoms with Crippen LogP contribution < -0.4 is 0 Å². The lowest BCUT2D eigenvalue weighted by molar-refractivity contribution is 0.0987. The molecule has 0 saturated heterocycles. The summed E-state index contributed by atoms with van der Waals surface area (Å²) >= 11 is 1.42. The van der Waals surface area contributed by atoms with Gasteiger partial charge < -0.3 is 0 Å². The number of carbonyl (C=O) groups is 1. The van der Waals surface area contributed by atoms with Crippen molar-refractivity contribution in [3.8, 4) is 0 Å². The summed E-state index contributed by atoms with van der Waals surface area (Å²) in [7, 11) is 0. The smallest absolute Gasteiger partial charge is 0.173 e. The molecule has 2 rings (SSSR count). The summed E-state index contributed by atoms with van der Waals surface area (Å²) < 4.78 is 14.0. The predicted octanol–water partition coefficient (Wildman–Crippen LogP) is 4.58. The molecule has 0 fully saturated rings. The fourth-order valence-corrected chi connectivity index (χ4v) is 2.61. The van der Waals surface area contributed by atoms with E-state index in [9.17, 15) is 9.18 Å². The number of halogens is 1. The van der Waals surface area contributed by atoms with Gasteiger partial charge in [0, 0.05) is 11.1 Å². The molecule has 1 aromatic heterocycles. The average Bonchev–Trinajstić information content (AvgIpc) is 2.68. The average molecular weight is 248 g/mol. The van der Waals surface area contributed by atoms with Crippen molar-refractivity contribution in [3.63, 3.8) is 0 Å². The lowest BCUT2D eigenvalue weighted by Crippen LogP contribution is -1.95. The Balaban J connectivity index is 2.24. The summed E-state index contributed by atoms with van der Waals surface area (Å²) in [5, 5.41) is 0.800. The summed E-state index contributed by atoms with van der Waals surface area (Å²) in [5.41, 5.74) is 1.01. The number of rotatable bonds is 4. The lowest BCUT2D eigenvalue weighted by Gasteiger charge is -1.96. The highest BCUT2D eigenvalue weighted by Crippen LogP contribution is 2.27. The minimum absolute atomic E-state index is 0.106. The number of fused-ring (bicyclic) bond motifs is 1. The Morgan fingerprint density at radius 1 is 1.35 bits per heavy atom. The highest BCUT2D eigenvalue weighted by Gasteiger charge is 2.10. The van der Waals surface area contributed by atoms with E-state index in [1.165, 1.54) is 23.5 Å². The highest BCUT2D eigenvalue weighted by molar-refractivity contribution is 7.20. The first-order chi connectivity index (χ1) is 8.06. The van der Waals surface area contributed by atoms with Crippen LogP contribution in [0.4, 0.5) is 4.39 Å². The van der Waals surface area contributed by atoms with Crippen LogP contribution in [0.15, 0.2) is 36.4 Å². The van der Waals surface area contributed by atoms with Crippen LogP contribution >= 0.6 is 11.3 Å². The van der Waals surface area contributed by atoms with E-state index in [0.29, 0.717) is 17.7 Å². The molecular weight excluding hydrogens is 235 g/mol. The summed E-state index contributed by atoms with van der Waals surface area (Å²) in [6, 6.07) is 6.36. The summed E-state index contributed by atoms with van der Waals surface area (Å²) in [6.45, 7) is 5.69. The van der Waals surface area contributed by atoms with Gasteiger partial charge in [-0.2, -0.15) is 0 Å². The Morgan fingerprint density at radius 2 is 2.12 bits per heavy atom. The third-order valence-electron chi connectivity index (χ3n) is 2.53. The van der Waals surface area contributed by atoms with E-state index >= 15 is 0 Å². The first-order valence-electron chi connectivity index (χ1n) is 5.43. The molecule has 0 N–H and O–H groups in total. The van der Waals surface area contributed by atoms with Crippen molar-refractivity contribution in [2.75, 3.05) is 0 Å². The minimum Gasteiger partial charge on any atom is -0.293 e. The maximum Gasteiger partial charge on any atom is 0.173 e. The number of thiophene rings is 1. The van der Waals surface area contributed by atoms with Gasteiger partial charge in [-0.3, -0.25) is 4.79 Å². The van der Waals surface area contributed by atoms with Gasteiger partial charge in [-0.1, -0.05) is 5.57 Å². The Kier molecular flexibility index (Phi) is 3.38. The second kappa shape index (κ2) is 4.80. The maximum absolute atomic E-state index is 13.0. The van der Waals surface area contributed by atoms with E-state index in [1.807, 2.05) is 6.92 Å². The second-order valence-electron chi connectivity index (χ2n) is 4.17. The van der Waals surface area contributed by atoms with Crippen LogP contribution in [0.2, 0.25) is 0 Å². The van der Waals surface area contributed by atoms with Gasteiger partial charge in [-0.25, -0.2) is 4.39 Å². The van der Waals surface area contributed by atoms with Crippen LogP contribution in [0, 0.1) is 5.82 Å². The molecule has 0 bridgehead atoms. The van der Waals surface area contributed by atoms with Gasteiger partial charge >= 0.3 is 0 Å². The van der Waals surface area contributed by atoms with E-state index in [4.69, 9.17) is 0 Å². The number of hydrogen-bond donors (Lipinski definition) is 0. The monoisotopic (exact) mass is 248 g/mol. The van der Waals surface area contributed by atoms with Gasteiger partial charge in [0.25, 0.3) is 0 Å². The fourth-order valence-electron chi connectivity index (χ4n) is 1.60. The molecule has 1 heterocycles. The van der Waals surface area contributed by atoms with Crippen LogP contribution in [0.25, 0.3) is 10.1 Å². The Morgan fingerprint density at radius 3 is 2.82 bits per heavy atom. The van der Waals surface area contributed by atoms with Crippen molar-refractivity contribution in [3.05, 3.63) is 47.1 Å². The van der Waals surface area contributed by atoms with E-state index < -0.39 is 0 Å². The van der Waals surface area contributed by atoms with Crippen LogP contribution in [-0.4, -0.2) is 5.78 Å². The van der Waals surface area contributed by atoms with Crippen molar-refractivity contribution >= 4 is 27.2 Å². The van der Waals surface area contributed by atoms with Crippen LogP contribution in [0.1, 0.15) is 29.4 Å². The van der Waals surface area contributed by atoms with Crippen molar-refractivity contribution in [1.82, 2.24) is 0 Å². The summed E-state index contributed by atoms with van der Waals surface area (Å²) in [5.74, 6) is -0.161. The normalized spacial score (nSPS) is 10.7. The molecule has 0 aliphatic rings. The molecule has 0 aliphatic heterocycles. The molecule has 0 atom stereocenters. The Labute approximate surface area is 104 Å². The first kappa shape index (κ1) is 12.0. The molecule has 17 heavy (non-hydrogen) atoms. The molecule has 88 valence electrons. The standard InChI is InChI=1S/C14H13FOS/c1-9(2)3-5-12(16)14-8-10-7-11(15)4-6-13(10)17-14/h4,6-8H,1,3,5H2,2H3. The van der Waals surface area contributed by atoms with Gasteiger partial charge in [-0.15, -0.1) is 17.9 Å². The van der Waals surface area contributed by atoms with Crippen LogP contribution in [0.5, 0.6) is 0 Å². The van der Waals surface area contributed by atoms with E-state index in [2.05, 4.69) is 6.58 Å². The zero-order valence-electron chi connectivity index (χ0n) is 9.63. The molecule has 0 unspecified atom stereocenters. The number of carbonyl (C=O) groups excluding carboxylic acids is 1. The Hall–Kier alpha value is -1.48. The molecule has 0 radical (unpaired) electrons. The van der Waals surface area contributed by atoms with Gasteiger partial charge in [0.2, 0.25) is 0 Å². The fraction of sp³-hybridized carbons (Fsp3) is 0.214. The number of allylic oxidation sites excluding steroid dienone is 1. The molecule has 0 saturated carbocycles. The third-order valence-corrected chi connectivity index (χ3v) is 3.69. The van der Waals surface area contributed by atoms with Crippen LogP contribution in [0.3, 0.4) is 0 Å². The Bertz CT molecular complexity index is 583. The van der Waals surface area contributed by atoms with Crippen LogP contribution in [-0.2, 0) is 0 Å². The molecule has 1 aromatic carbocycles. The maximum atomic E-state index is 13.0. The largest absolute Gasteiger partial charge is 0.293 e. The van der Waals surface area contributed by atoms with E-state index in [0.717, 1.165) is 15.7 Å². The number of Topliss-reactive ketones (excluding diaryl/α,β-unsaturated/α-hetero) is 1. The lowest BCUT2D eigenvalue weighted by atomic mass is 10.1. The van der Waals surface area contributed by atoms with Crippen molar-refractivity contribution in [2.45, 2.75) is 19.8 Å². The number of ketones is 1. The van der Waals surface area contributed by atoms with Gasteiger partial charge in [0.1, 0.15) is 5.82 Å². The zero-order valence-corrected chi connectivity index (χ0v) is 10.4. The highest BCUT2D eigenvalue weighted by atomic mass is 32.1. The molecule has 0 aliphatic carbocycles. The first-order valence-corrected chi connectivity index (χ1v) is 6.24. The van der Waals surface area contributed by atoms with E-state index in [1.54, 1.807) is 12.1 Å². The van der Waals surface area contributed by atoms with Gasteiger partial charge in [0.05, 0.1) is 4.88 Å². The molecule has 1 nitrogen and oxygen atoms in total. The molecule has 2 aromatic rings. The number of hydrogen-bond acceptors (Lipinski definition) is 2. The zero-order chi connectivity index (χ0) is 12.4.